The van der Waals surface area contributed by atoms with E-state index in [9.17, 15) is 18.4 Å². The second-order valence-corrected chi connectivity index (χ2v) is 5.10. The lowest BCUT2D eigenvalue weighted by molar-refractivity contribution is -0.137. The lowest BCUT2D eigenvalue weighted by Crippen LogP contribution is -2.68. The van der Waals surface area contributed by atoms with Crippen LogP contribution >= 0.6 is 0 Å². The van der Waals surface area contributed by atoms with Gasteiger partial charge in [-0.05, 0) is 32.4 Å². The van der Waals surface area contributed by atoms with Crippen molar-refractivity contribution in [2.45, 2.75) is 38.8 Å². The molecule has 2 unspecified atom stereocenters. The highest BCUT2D eigenvalue weighted by atomic mass is 19.2. The maximum absolute atomic E-state index is 13.9. The van der Waals surface area contributed by atoms with Gasteiger partial charge in [0.2, 0.25) is 5.91 Å². The van der Waals surface area contributed by atoms with Crippen molar-refractivity contribution in [1.82, 2.24) is 5.32 Å². The van der Waals surface area contributed by atoms with Crippen LogP contribution in [0.25, 0.3) is 0 Å². The second kappa shape index (κ2) is 4.85. The molecule has 2 rings (SSSR count). The first-order valence-corrected chi connectivity index (χ1v) is 6.41. The van der Waals surface area contributed by atoms with E-state index in [1.807, 2.05) is 0 Å². The molecule has 108 valence electrons. The summed E-state index contributed by atoms with van der Waals surface area (Å²) >= 11 is 0. The van der Waals surface area contributed by atoms with E-state index in [4.69, 9.17) is 0 Å². The second-order valence-electron chi connectivity index (χ2n) is 5.10. The number of amides is 2. The average molecular weight is 282 g/mol. The third-order valence-corrected chi connectivity index (χ3v) is 3.75. The summed E-state index contributed by atoms with van der Waals surface area (Å²) in [5.41, 5.74) is -1.32. The normalized spacial score (nSPS) is 26.6. The monoisotopic (exact) mass is 282 g/mol. The zero-order valence-corrected chi connectivity index (χ0v) is 11.5. The van der Waals surface area contributed by atoms with Crippen LogP contribution in [-0.4, -0.2) is 23.4 Å². The summed E-state index contributed by atoms with van der Waals surface area (Å²) in [6.07, 6.45) is 0.359. The minimum atomic E-state index is -1.12. The van der Waals surface area contributed by atoms with Gasteiger partial charge >= 0.3 is 0 Å². The minimum Gasteiger partial charge on any atom is -0.340 e. The predicted octanol–water partition coefficient (Wildman–Crippen LogP) is 1.98. The van der Waals surface area contributed by atoms with Crippen molar-refractivity contribution in [3.8, 4) is 0 Å². The molecule has 0 saturated carbocycles. The topological polar surface area (TPSA) is 49.4 Å². The van der Waals surface area contributed by atoms with Gasteiger partial charge in [-0.3, -0.25) is 14.5 Å². The van der Waals surface area contributed by atoms with Crippen molar-refractivity contribution < 1.29 is 18.4 Å². The summed E-state index contributed by atoms with van der Waals surface area (Å²) in [6.45, 7) is 4.80. The Morgan fingerprint density at radius 2 is 2.00 bits per heavy atom. The molecule has 2 amide bonds. The van der Waals surface area contributed by atoms with Crippen LogP contribution in [0.2, 0.25) is 0 Å². The molecule has 1 aliphatic heterocycles. The molecule has 0 bridgehead atoms. The average Bonchev–Trinajstić information content (AvgIpc) is 2.41. The van der Waals surface area contributed by atoms with Gasteiger partial charge in [-0.2, -0.15) is 0 Å². The molecule has 0 radical (unpaired) electrons. The Balaban J connectivity index is 2.55. The number of rotatable bonds is 2. The standard InChI is InChI=1S/C14H16F2N2O2/c1-4-14(3)13(20)18(8(2)12(19)17-14)10-7-5-6-9(15)11(10)16/h5-8H,4H2,1-3H3,(H,17,19). The Bertz CT molecular complexity index is 576. The molecule has 1 aliphatic rings. The summed E-state index contributed by atoms with van der Waals surface area (Å²) in [5.74, 6) is -3.01. The molecule has 0 spiro atoms. The molecule has 1 fully saturated rings. The largest absolute Gasteiger partial charge is 0.340 e. The number of hydrogen-bond acceptors (Lipinski definition) is 2. The molecule has 0 aliphatic carbocycles. The molecule has 1 N–H and O–H groups in total. The van der Waals surface area contributed by atoms with Gasteiger partial charge in [0.15, 0.2) is 11.6 Å². The van der Waals surface area contributed by atoms with Crippen LogP contribution in [-0.2, 0) is 9.59 Å². The van der Waals surface area contributed by atoms with Crippen molar-refractivity contribution in [3.05, 3.63) is 29.8 Å². The summed E-state index contributed by atoms with van der Waals surface area (Å²) in [6, 6.07) is 2.68. The van der Waals surface area contributed by atoms with Gasteiger partial charge in [-0.1, -0.05) is 13.0 Å². The van der Waals surface area contributed by atoms with Gasteiger partial charge in [0.05, 0.1) is 5.69 Å². The maximum atomic E-state index is 13.9. The Kier molecular flexibility index (Phi) is 3.50. The number of carbonyl (C=O) groups is 2. The number of carbonyl (C=O) groups excluding carboxylic acids is 2. The van der Waals surface area contributed by atoms with Gasteiger partial charge in [-0.25, -0.2) is 8.78 Å². The smallest absolute Gasteiger partial charge is 0.253 e. The lowest BCUT2D eigenvalue weighted by atomic mass is 9.91. The Hall–Kier alpha value is -1.98. The van der Waals surface area contributed by atoms with E-state index in [0.29, 0.717) is 6.42 Å². The van der Waals surface area contributed by atoms with Crippen LogP contribution in [0.15, 0.2) is 18.2 Å². The Morgan fingerprint density at radius 1 is 1.35 bits per heavy atom. The van der Waals surface area contributed by atoms with E-state index >= 15 is 0 Å². The van der Waals surface area contributed by atoms with E-state index in [1.54, 1.807) is 13.8 Å². The van der Waals surface area contributed by atoms with Crippen LogP contribution in [0.5, 0.6) is 0 Å². The van der Waals surface area contributed by atoms with Crippen molar-refractivity contribution >= 4 is 17.5 Å². The molecule has 1 aromatic carbocycles. The first kappa shape index (κ1) is 14.4. The molecule has 1 heterocycles. The molecule has 4 nitrogen and oxygen atoms in total. The van der Waals surface area contributed by atoms with Gasteiger partial charge in [0.1, 0.15) is 11.6 Å². The fourth-order valence-corrected chi connectivity index (χ4v) is 2.22. The minimum absolute atomic E-state index is 0.211. The lowest BCUT2D eigenvalue weighted by Gasteiger charge is -2.42. The van der Waals surface area contributed by atoms with E-state index in [2.05, 4.69) is 5.32 Å². The summed E-state index contributed by atoms with van der Waals surface area (Å²) < 4.78 is 27.3. The maximum Gasteiger partial charge on any atom is 0.253 e. The van der Waals surface area contributed by atoms with Crippen molar-refractivity contribution in [1.29, 1.82) is 0 Å². The van der Waals surface area contributed by atoms with E-state index < -0.39 is 35.0 Å². The first-order valence-electron chi connectivity index (χ1n) is 6.41. The number of hydrogen-bond donors (Lipinski definition) is 1. The van der Waals surface area contributed by atoms with Crippen LogP contribution in [0.4, 0.5) is 14.5 Å². The van der Waals surface area contributed by atoms with Gasteiger partial charge in [-0.15, -0.1) is 0 Å². The molecule has 6 heteroatoms. The fourth-order valence-electron chi connectivity index (χ4n) is 2.22. The molecule has 20 heavy (non-hydrogen) atoms. The number of nitrogens with one attached hydrogen (secondary N) is 1. The zero-order chi connectivity index (χ0) is 15.1. The third-order valence-electron chi connectivity index (χ3n) is 3.75. The molecular weight excluding hydrogens is 266 g/mol. The quantitative estimate of drug-likeness (QED) is 0.901. The van der Waals surface area contributed by atoms with Crippen molar-refractivity contribution in [3.63, 3.8) is 0 Å². The number of anilines is 1. The fraction of sp³-hybridized carbons (Fsp3) is 0.429. The van der Waals surface area contributed by atoms with E-state index in [0.717, 1.165) is 11.0 Å². The highest BCUT2D eigenvalue weighted by Crippen LogP contribution is 2.30. The number of benzene rings is 1. The molecule has 0 aromatic heterocycles. The Labute approximate surface area is 115 Å². The summed E-state index contributed by atoms with van der Waals surface area (Å²) in [7, 11) is 0. The van der Waals surface area contributed by atoms with E-state index in [-0.39, 0.29) is 5.69 Å². The SMILES string of the molecule is CCC1(C)NC(=O)C(C)N(c2cccc(F)c2F)C1=O. The van der Waals surface area contributed by atoms with Crippen molar-refractivity contribution in [2.75, 3.05) is 4.90 Å². The summed E-state index contributed by atoms with van der Waals surface area (Å²) in [4.78, 5) is 25.5. The highest BCUT2D eigenvalue weighted by Gasteiger charge is 2.46. The van der Waals surface area contributed by atoms with Crippen LogP contribution < -0.4 is 10.2 Å². The molecular formula is C14H16F2N2O2. The number of nitrogens with zero attached hydrogens (tertiary/aromatic N) is 1. The summed E-state index contributed by atoms with van der Waals surface area (Å²) in [5, 5.41) is 2.63. The highest BCUT2D eigenvalue weighted by molar-refractivity contribution is 6.10. The predicted molar refractivity (Wildman–Crippen MR) is 70.1 cm³/mol. The first-order chi connectivity index (χ1) is 9.31. The van der Waals surface area contributed by atoms with Gasteiger partial charge in [0.25, 0.3) is 5.91 Å². The molecule has 1 saturated heterocycles. The zero-order valence-electron chi connectivity index (χ0n) is 11.5. The number of halogens is 2. The number of piperazine rings is 1. The van der Waals surface area contributed by atoms with Crippen LogP contribution in [0.1, 0.15) is 27.2 Å². The van der Waals surface area contributed by atoms with Crippen LogP contribution in [0.3, 0.4) is 0 Å². The van der Waals surface area contributed by atoms with Crippen molar-refractivity contribution in [2.24, 2.45) is 0 Å². The molecule has 2 atom stereocenters. The Morgan fingerprint density at radius 3 is 2.60 bits per heavy atom. The van der Waals surface area contributed by atoms with Gasteiger partial charge < -0.3 is 5.32 Å². The van der Waals surface area contributed by atoms with Gasteiger partial charge in [0, 0.05) is 0 Å². The van der Waals surface area contributed by atoms with E-state index in [1.165, 1.54) is 19.1 Å². The third kappa shape index (κ3) is 2.05. The van der Waals surface area contributed by atoms with Crippen LogP contribution in [0, 0.1) is 11.6 Å². The molecule has 1 aromatic rings.